The van der Waals surface area contributed by atoms with E-state index in [-0.39, 0.29) is 31.1 Å². The lowest BCUT2D eigenvalue weighted by molar-refractivity contribution is -0.167. The van der Waals surface area contributed by atoms with Crippen LogP contribution in [0.25, 0.3) is 0 Å². The topological polar surface area (TPSA) is 78.9 Å². The predicted molar refractivity (Wildman–Crippen MR) is 298 cm³/mol. The SMILES string of the molecule is CCCCCCCCCCCCCCCCCC(=O)O[C@@H](COC(=O)CCCCCCCCCCCCCCCCCCCCC(C)CC)COC(=O)CCCCCCCCCCCCCC(C)C. The largest absolute Gasteiger partial charge is 0.462 e. The molecule has 0 aliphatic heterocycles. The Labute approximate surface area is 431 Å². The van der Waals surface area contributed by atoms with Crippen LogP contribution in [-0.4, -0.2) is 37.2 Å². The molecule has 0 saturated carbocycles. The molecule has 6 nitrogen and oxygen atoms in total. The van der Waals surface area contributed by atoms with Crippen LogP contribution in [0, 0.1) is 11.8 Å². The maximum Gasteiger partial charge on any atom is 0.306 e. The van der Waals surface area contributed by atoms with Crippen molar-refractivity contribution in [3.63, 3.8) is 0 Å². The molecule has 6 heteroatoms. The third-order valence-corrected chi connectivity index (χ3v) is 14.8. The number of hydrogen-bond acceptors (Lipinski definition) is 6. The number of carbonyl (C=O) groups excluding carboxylic acids is 3. The number of rotatable bonds is 57. The summed E-state index contributed by atoms with van der Waals surface area (Å²) >= 11 is 0. The van der Waals surface area contributed by atoms with Gasteiger partial charge in [-0.1, -0.05) is 317 Å². The number of unbranched alkanes of at least 4 members (excludes halogenated alkanes) is 41. The van der Waals surface area contributed by atoms with Crippen LogP contribution in [0.5, 0.6) is 0 Å². The van der Waals surface area contributed by atoms with E-state index in [0.717, 1.165) is 69.6 Å². The maximum atomic E-state index is 12.9. The lowest BCUT2D eigenvalue weighted by atomic mass is 9.99. The van der Waals surface area contributed by atoms with Crippen molar-refractivity contribution in [2.75, 3.05) is 13.2 Å². The summed E-state index contributed by atoms with van der Waals surface area (Å²) in [5.41, 5.74) is 0. The molecule has 0 fully saturated rings. The Kier molecular flexibility index (Phi) is 54.4. The second-order valence-electron chi connectivity index (χ2n) is 22.4. The van der Waals surface area contributed by atoms with Gasteiger partial charge in [0.15, 0.2) is 6.10 Å². The molecule has 0 aliphatic carbocycles. The summed E-state index contributed by atoms with van der Waals surface area (Å²) in [6.07, 6.45) is 61.0. The van der Waals surface area contributed by atoms with Crippen molar-refractivity contribution in [3.8, 4) is 0 Å². The summed E-state index contributed by atoms with van der Waals surface area (Å²) in [5.74, 6) is 0.903. The third-order valence-electron chi connectivity index (χ3n) is 14.8. The van der Waals surface area contributed by atoms with Gasteiger partial charge in [-0.2, -0.15) is 0 Å². The molecular weight excluding hydrogens is 853 g/mol. The molecule has 0 aliphatic rings. The lowest BCUT2D eigenvalue weighted by Crippen LogP contribution is -2.30. The zero-order valence-electron chi connectivity index (χ0n) is 47.5. The summed E-state index contributed by atoms with van der Waals surface area (Å²) in [6, 6.07) is 0. The first-order valence-corrected chi connectivity index (χ1v) is 31.3. The van der Waals surface area contributed by atoms with Crippen LogP contribution >= 0.6 is 0 Å². The lowest BCUT2D eigenvalue weighted by Gasteiger charge is -2.18. The highest BCUT2D eigenvalue weighted by molar-refractivity contribution is 5.71. The fourth-order valence-electron chi connectivity index (χ4n) is 9.73. The van der Waals surface area contributed by atoms with E-state index < -0.39 is 6.10 Å². The average Bonchev–Trinajstić information content (AvgIpc) is 3.34. The molecule has 0 N–H and O–H groups in total. The standard InChI is InChI=1S/C63H122O6/c1-6-8-9-10-11-12-13-14-19-24-29-35-40-45-50-55-63(66)69-60(57-68-62(65)54-49-44-39-34-30-25-26-31-36-41-46-51-58(3)4)56-67-61(64)53-48-43-38-33-28-23-21-18-16-15-17-20-22-27-32-37-42-47-52-59(5)7-2/h58-60H,6-57H2,1-5H3/t59?,60-/m0/s1. The minimum absolute atomic E-state index is 0.0621. The van der Waals surface area contributed by atoms with Gasteiger partial charge in [0.1, 0.15) is 13.2 Å². The van der Waals surface area contributed by atoms with E-state index in [0.29, 0.717) is 19.3 Å². The molecule has 0 aromatic rings. The number of esters is 3. The Hall–Kier alpha value is -1.59. The molecule has 0 aromatic heterocycles. The second-order valence-corrected chi connectivity index (χ2v) is 22.4. The molecule has 0 rings (SSSR count). The highest BCUT2D eigenvalue weighted by atomic mass is 16.6. The highest BCUT2D eigenvalue weighted by Gasteiger charge is 2.19. The Balaban J connectivity index is 4.24. The Morgan fingerprint density at radius 2 is 0.551 bits per heavy atom. The Morgan fingerprint density at radius 3 is 0.826 bits per heavy atom. The van der Waals surface area contributed by atoms with Crippen molar-refractivity contribution in [1.82, 2.24) is 0 Å². The van der Waals surface area contributed by atoms with Crippen LogP contribution in [0.3, 0.4) is 0 Å². The van der Waals surface area contributed by atoms with Crippen LogP contribution in [0.2, 0.25) is 0 Å². The number of carbonyl (C=O) groups is 3. The fraction of sp³-hybridized carbons (Fsp3) is 0.952. The molecule has 1 unspecified atom stereocenters. The minimum atomic E-state index is -0.763. The van der Waals surface area contributed by atoms with Crippen LogP contribution in [0.1, 0.15) is 356 Å². The van der Waals surface area contributed by atoms with E-state index in [1.54, 1.807) is 0 Å². The minimum Gasteiger partial charge on any atom is -0.462 e. The molecular formula is C63H122O6. The molecule has 2 atom stereocenters. The number of hydrogen-bond donors (Lipinski definition) is 0. The molecule has 69 heavy (non-hydrogen) atoms. The Morgan fingerprint density at radius 1 is 0.304 bits per heavy atom. The van der Waals surface area contributed by atoms with Crippen molar-refractivity contribution in [2.24, 2.45) is 11.8 Å². The van der Waals surface area contributed by atoms with Gasteiger partial charge >= 0.3 is 17.9 Å². The summed E-state index contributed by atoms with van der Waals surface area (Å²) in [4.78, 5) is 38.2. The van der Waals surface area contributed by atoms with Gasteiger partial charge in [0.05, 0.1) is 0 Å². The quantitative estimate of drug-likeness (QED) is 0.0343. The van der Waals surface area contributed by atoms with E-state index in [1.165, 1.54) is 244 Å². The molecule has 0 spiro atoms. The van der Waals surface area contributed by atoms with E-state index in [4.69, 9.17) is 14.2 Å². The fourth-order valence-corrected chi connectivity index (χ4v) is 9.73. The molecule has 0 heterocycles. The van der Waals surface area contributed by atoms with Crippen LogP contribution in [0.15, 0.2) is 0 Å². The molecule has 0 amide bonds. The first kappa shape index (κ1) is 67.4. The van der Waals surface area contributed by atoms with Crippen LogP contribution < -0.4 is 0 Å². The summed E-state index contributed by atoms with van der Waals surface area (Å²) < 4.78 is 16.9. The zero-order chi connectivity index (χ0) is 50.4. The van der Waals surface area contributed by atoms with Gasteiger partial charge in [-0.3, -0.25) is 14.4 Å². The second kappa shape index (κ2) is 55.7. The highest BCUT2D eigenvalue weighted by Crippen LogP contribution is 2.19. The van der Waals surface area contributed by atoms with Crippen molar-refractivity contribution < 1.29 is 28.6 Å². The smallest absolute Gasteiger partial charge is 0.306 e. The van der Waals surface area contributed by atoms with Crippen molar-refractivity contribution in [2.45, 2.75) is 362 Å². The van der Waals surface area contributed by atoms with Gasteiger partial charge in [-0.05, 0) is 31.1 Å². The normalized spacial score (nSPS) is 12.4. The van der Waals surface area contributed by atoms with Crippen LogP contribution in [-0.2, 0) is 28.6 Å². The third kappa shape index (κ3) is 55.6. The molecule has 0 radical (unpaired) electrons. The van der Waals surface area contributed by atoms with E-state index in [2.05, 4.69) is 34.6 Å². The number of ether oxygens (including phenoxy) is 3. The van der Waals surface area contributed by atoms with Gasteiger partial charge in [-0.25, -0.2) is 0 Å². The van der Waals surface area contributed by atoms with Gasteiger partial charge < -0.3 is 14.2 Å². The van der Waals surface area contributed by atoms with Crippen molar-refractivity contribution >= 4 is 17.9 Å². The molecule has 0 aromatic carbocycles. The summed E-state index contributed by atoms with van der Waals surface area (Å²) in [6.45, 7) is 11.5. The van der Waals surface area contributed by atoms with E-state index >= 15 is 0 Å². The van der Waals surface area contributed by atoms with E-state index in [1.807, 2.05) is 0 Å². The van der Waals surface area contributed by atoms with Gasteiger partial charge in [-0.15, -0.1) is 0 Å². The molecule has 0 bridgehead atoms. The first-order chi connectivity index (χ1) is 33.8. The van der Waals surface area contributed by atoms with Gasteiger partial charge in [0, 0.05) is 19.3 Å². The van der Waals surface area contributed by atoms with Crippen LogP contribution in [0.4, 0.5) is 0 Å². The summed E-state index contributed by atoms with van der Waals surface area (Å²) in [7, 11) is 0. The van der Waals surface area contributed by atoms with Crippen molar-refractivity contribution in [3.05, 3.63) is 0 Å². The zero-order valence-corrected chi connectivity index (χ0v) is 47.5. The molecule has 0 saturated heterocycles. The summed E-state index contributed by atoms with van der Waals surface area (Å²) in [5, 5.41) is 0. The average molecular weight is 976 g/mol. The van der Waals surface area contributed by atoms with Gasteiger partial charge in [0.25, 0.3) is 0 Å². The van der Waals surface area contributed by atoms with Crippen molar-refractivity contribution in [1.29, 1.82) is 0 Å². The van der Waals surface area contributed by atoms with Gasteiger partial charge in [0.2, 0.25) is 0 Å². The van der Waals surface area contributed by atoms with E-state index in [9.17, 15) is 14.4 Å². The monoisotopic (exact) mass is 975 g/mol. The molecule has 410 valence electrons. The predicted octanol–water partition coefficient (Wildman–Crippen LogP) is 20.8. The Bertz CT molecular complexity index is 1060. The maximum absolute atomic E-state index is 12.9. The first-order valence-electron chi connectivity index (χ1n) is 31.3.